The Bertz CT molecular complexity index is 253. The number of rotatable bonds is 1. The minimum Gasteiger partial charge on any atom is -0.243 e. The number of thiazole rings is 1. The molecule has 0 spiro atoms. The largest absolute Gasteiger partial charge is 0.243 e. The van der Waals surface area contributed by atoms with Gasteiger partial charge in [0.2, 0.25) is 0 Å². The first kappa shape index (κ1) is 6.00. The molecule has 0 aromatic carbocycles. The third-order valence-corrected chi connectivity index (χ3v) is 2.28. The molecule has 2 aromatic rings. The van der Waals surface area contributed by atoms with Crippen molar-refractivity contribution >= 4 is 22.9 Å². The van der Waals surface area contributed by atoms with E-state index in [9.17, 15) is 0 Å². The van der Waals surface area contributed by atoms with Crippen LogP contribution in [0.5, 0.6) is 0 Å². The van der Waals surface area contributed by atoms with Crippen molar-refractivity contribution in [1.29, 1.82) is 0 Å². The summed E-state index contributed by atoms with van der Waals surface area (Å²) in [5, 5.41) is 3.95. The van der Waals surface area contributed by atoms with Crippen molar-refractivity contribution < 1.29 is 0 Å². The van der Waals surface area contributed by atoms with Gasteiger partial charge >= 0.3 is 0 Å². The van der Waals surface area contributed by atoms with Crippen LogP contribution in [0.15, 0.2) is 22.3 Å². The van der Waals surface area contributed by atoms with Crippen molar-refractivity contribution in [3.05, 3.63) is 22.3 Å². The quantitative estimate of drug-likeness (QED) is 0.652. The fraction of sp³-hybridized carbons (Fsp3) is 0. The molecule has 0 fully saturated rings. The number of hydrogen-bond acceptors (Lipinski definition) is 4. The second kappa shape index (κ2) is 2.48. The van der Waals surface area contributed by atoms with E-state index in [1.54, 1.807) is 11.3 Å². The lowest BCUT2D eigenvalue weighted by Gasteiger charge is -1.82. The summed E-state index contributed by atoms with van der Waals surface area (Å²) in [4.78, 5) is 4.12. The van der Waals surface area contributed by atoms with E-state index in [1.807, 2.05) is 22.3 Å². The molecule has 0 radical (unpaired) electrons. The summed E-state index contributed by atoms with van der Waals surface area (Å²) in [5.41, 5.74) is 3.77. The molecule has 0 atom stereocenters. The molecule has 0 amide bonds. The highest BCUT2D eigenvalue weighted by atomic mass is 32.1. The van der Waals surface area contributed by atoms with Crippen molar-refractivity contribution in [2.75, 3.05) is 0 Å². The van der Waals surface area contributed by atoms with Crippen LogP contribution >= 0.6 is 22.9 Å². The summed E-state index contributed by atoms with van der Waals surface area (Å²) in [6, 6.07) is 1.97. The van der Waals surface area contributed by atoms with E-state index in [4.69, 9.17) is 0 Å². The van der Waals surface area contributed by atoms with E-state index in [0.29, 0.717) is 0 Å². The minimum absolute atomic E-state index is 0.978. The molecular weight excluding hydrogens is 164 g/mol. The van der Waals surface area contributed by atoms with Crippen LogP contribution in [0.2, 0.25) is 0 Å². The zero-order valence-corrected chi connectivity index (χ0v) is 6.65. The van der Waals surface area contributed by atoms with Gasteiger partial charge in [0.1, 0.15) is 11.4 Å². The highest BCUT2D eigenvalue weighted by Crippen LogP contribution is 2.17. The van der Waals surface area contributed by atoms with E-state index in [2.05, 4.69) is 9.36 Å². The molecule has 10 heavy (non-hydrogen) atoms. The molecule has 2 rings (SSSR count). The normalized spacial score (nSPS) is 10.0. The van der Waals surface area contributed by atoms with Gasteiger partial charge in [0.05, 0.1) is 5.51 Å². The highest BCUT2D eigenvalue weighted by molar-refractivity contribution is 7.08. The second-order valence-electron chi connectivity index (χ2n) is 1.76. The lowest BCUT2D eigenvalue weighted by molar-refractivity contribution is 1.38. The fourth-order valence-corrected chi connectivity index (χ4v) is 1.75. The Hall–Kier alpha value is -0.740. The minimum atomic E-state index is 0.978. The molecule has 0 bridgehead atoms. The van der Waals surface area contributed by atoms with Crippen LogP contribution in [-0.4, -0.2) is 9.36 Å². The van der Waals surface area contributed by atoms with Crippen LogP contribution in [0.25, 0.3) is 11.4 Å². The van der Waals surface area contributed by atoms with Crippen LogP contribution in [0.1, 0.15) is 0 Å². The molecule has 4 heteroatoms. The van der Waals surface area contributed by atoms with Crippen LogP contribution < -0.4 is 0 Å². The van der Waals surface area contributed by atoms with Gasteiger partial charge in [0, 0.05) is 10.8 Å². The van der Waals surface area contributed by atoms with Gasteiger partial charge in [0.25, 0.3) is 0 Å². The van der Waals surface area contributed by atoms with Crippen LogP contribution in [-0.2, 0) is 0 Å². The molecule has 0 saturated heterocycles. The Morgan fingerprint density at radius 2 is 2.30 bits per heavy atom. The first-order valence-corrected chi connectivity index (χ1v) is 4.54. The lowest BCUT2D eigenvalue weighted by atomic mass is 10.3. The highest BCUT2D eigenvalue weighted by Gasteiger charge is 1.99. The molecule has 0 aliphatic rings. The average molecular weight is 168 g/mol. The molecule has 2 heterocycles. The number of nitrogens with zero attached hydrogens (tertiary/aromatic N) is 2. The maximum absolute atomic E-state index is 4.14. The van der Waals surface area contributed by atoms with Crippen molar-refractivity contribution in [1.82, 2.24) is 9.36 Å². The number of hydrogen-bond donors (Lipinski definition) is 0. The van der Waals surface area contributed by atoms with Crippen molar-refractivity contribution in [2.24, 2.45) is 0 Å². The standard InChI is InChI=1S/C6H4N2S2/c1-2-10-8-5(1)6-3-9-4-7-6/h1-4H. The Morgan fingerprint density at radius 3 is 2.90 bits per heavy atom. The SMILES string of the molecule is c1nc(-c2ccsn2)cs1. The first-order valence-electron chi connectivity index (χ1n) is 2.76. The summed E-state index contributed by atoms with van der Waals surface area (Å²) in [6.45, 7) is 0. The Labute approximate surface area is 66.3 Å². The maximum atomic E-state index is 4.14. The predicted molar refractivity (Wildman–Crippen MR) is 43.2 cm³/mol. The lowest BCUT2D eigenvalue weighted by Crippen LogP contribution is -1.72. The van der Waals surface area contributed by atoms with Crippen LogP contribution in [0.4, 0.5) is 0 Å². The van der Waals surface area contributed by atoms with Crippen molar-refractivity contribution in [3.8, 4) is 11.4 Å². The monoisotopic (exact) mass is 168 g/mol. The Morgan fingerprint density at radius 1 is 1.30 bits per heavy atom. The number of aromatic nitrogens is 2. The van der Waals surface area contributed by atoms with E-state index >= 15 is 0 Å². The molecule has 0 aliphatic heterocycles. The molecule has 2 nitrogen and oxygen atoms in total. The fourth-order valence-electron chi connectivity index (χ4n) is 0.684. The zero-order chi connectivity index (χ0) is 6.81. The van der Waals surface area contributed by atoms with Gasteiger partial charge in [0.15, 0.2) is 0 Å². The van der Waals surface area contributed by atoms with Gasteiger partial charge in [-0.1, -0.05) is 0 Å². The zero-order valence-electron chi connectivity index (χ0n) is 5.02. The maximum Gasteiger partial charge on any atom is 0.103 e. The van der Waals surface area contributed by atoms with E-state index in [0.717, 1.165) is 11.4 Å². The van der Waals surface area contributed by atoms with E-state index in [-0.39, 0.29) is 0 Å². The molecule has 0 aliphatic carbocycles. The summed E-state index contributed by atoms with van der Waals surface area (Å²) >= 11 is 3.04. The van der Waals surface area contributed by atoms with Gasteiger partial charge in [-0.05, 0) is 17.6 Å². The smallest absolute Gasteiger partial charge is 0.103 e. The third kappa shape index (κ3) is 0.955. The van der Waals surface area contributed by atoms with Crippen molar-refractivity contribution in [3.63, 3.8) is 0 Å². The van der Waals surface area contributed by atoms with Gasteiger partial charge < -0.3 is 0 Å². The van der Waals surface area contributed by atoms with Gasteiger partial charge in [-0.25, -0.2) is 4.98 Å². The molecular formula is C6H4N2S2. The van der Waals surface area contributed by atoms with Gasteiger partial charge in [-0.3, -0.25) is 0 Å². The Kier molecular flexibility index (Phi) is 1.49. The Balaban J connectivity index is 2.48. The van der Waals surface area contributed by atoms with Crippen LogP contribution in [0, 0.1) is 0 Å². The van der Waals surface area contributed by atoms with E-state index < -0.39 is 0 Å². The topological polar surface area (TPSA) is 25.8 Å². The van der Waals surface area contributed by atoms with Crippen molar-refractivity contribution in [2.45, 2.75) is 0 Å². The second-order valence-corrected chi connectivity index (χ2v) is 3.14. The summed E-state index contributed by atoms with van der Waals surface area (Å²) in [5.74, 6) is 0. The summed E-state index contributed by atoms with van der Waals surface area (Å²) in [7, 11) is 0. The van der Waals surface area contributed by atoms with Gasteiger partial charge in [-0.2, -0.15) is 4.37 Å². The molecule has 0 N–H and O–H groups in total. The van der Waals surface area contributed by atoms with Gasteiger partial charge in [-0.15, -0.1) is 11.3 Å². The summed E-state index contributed by atoms with van der Waals surface area (Å²) < 4.78 is 4.14. The molecule has 0 saturated carbocycles. The molecule has 0 unspecified atom stereocenters. The predicted octanol–water partition coefficient (Wildman–Crippen LogP) is 2.27. The van der Waals surface area contributed by atoms with Crippen LogP contribution in [0.3, 0.4) is 0 Å². The average Bonchev–Trinajstić information content (AvgIpc) is 2.59. The molecule has 50 valence electrons. The summed E-state index contributed by atoms with van der Waals surface area (Å²) in [6.07, 6.45) is 0. The third-order valence-electron chi connectivity index (χ3n) is 1.13. The first-order chi connectivity index (χ1) is 4.97. The van der Waals surface area contributed by atoms with E-state index in [1.165, 1.54) is 11.5 Å². The molecule has 2 aromatic heterocycles.